The third kappa shape index (κ3) is 5.86. The van der Waals surface area contributed by atoms with Gasteiger partial charge in [-0.25, -0.2) is 19.3 Å². The van der Waals surface area contributed by atoms with Crippen LogP contribution in [0.15, 0.2) is 55.1 Å². The van der Waals surface area contributed by atoms with Gasteiger partial charge < -0.3 is 25.6 Å². The number of hydrogen-bond acceptors (Lipinski definition) is 9. The van der Waals surface area contributed by atoms with E-state index in [0.717, 1.165) is 36.2 Å². The lowest BCUT2D eigenvalue weighted by molar-refractivity contribution is -0.129. The van der Waals surface area contributed by atoms with Crippen LogP contribution in [0.3, 0.4) is 0 Å². The zero-order valence-electron chi connectivity index (χ0n) is 22.7. The number of halogens is 1. The molecule has 0 radical (unpaired) electrons. The molecule has 1 fully saturated rings. The number of nitrogens with one attached hydrogen (secondary N) is 1. The number of carbonyl (C=O) groups is 1. The summed E-state index contributed by atoms with van der Waals surface area (Å²) in [6.45, 7) is 1.70. The zero-order chi connectivity index (χ0) is 28.2. The highest BCUT2D eigenvalue weighted by Gasteiger charge is 2.22. The van der Waals surface area contributed by atoms with Gasteiger partial charge in [-0.05, 0) is 31.0 Å². The van der Waals surface area contributed by atoms with Gasteiger partial charge >= 0.3 is 0 Å². The number of nitrogens with two attached hydrogens (primary N) is 1. The molecule has 0 aliphatic carbocycles. The largest absolute Gasteiger partial charge is 0.496 e. The van der Waals surface area contributed by atoms with Gasteiger partial charge in [0.25, 0.3) is 0 Å². The Morgan fingerprint density at radius 1 is 1.23 bits per heavy atom. The van der Waals surface area contributed by atoms with E-state index in [2.05, 4.69) is 30.3 Å². The molecular formula is C28H32FN9O2. The average molecular weight is 546 g/mol. The smallest absolute Gasteiger partial charge is 0.243 e. The van der Waals surface area contributed by atoms with E-state index in [4.69, 9.17) is 10.5 Å². The fourth-order valence-corrected chi connectivity index (χ4v) is 4.67. The lowest BCUT2D eigenvalue weighted by atomic mass is 10.0. The maximum absolute atomic E-state index is 14.7. The van der Waals surface area contributed by atoms with Crippen molar-refractivity contribution in [3.8, 4) is 28.3 Å². The molecule has 4 aromatic rings. The number of carbonyl (C=O) groups excluding carboxylic acids is 1. The standard InChI is InChI=1S/C28H32FN9O2/c1-36(2)26(39)17-38-15-18(13-33-38)20-14-32-25(12-22(20)37-11-5-6-19(30)16-37)34-24-9-10-31-28(35-24)27-21(29)7-4-8-23(27)40-3/h4,7-10,12-15,19H,5-6,11,16-17,30H2,1-3H3,(H,31,32,34,35)/t19-/m0/s1. The predicted octanol–water partition coefficient (Wildman–Crippen LogP) is 3.31. The van der Waals surface area contributed by atoms with Gasteiger partial charge in [0.2, 0.25) is 5.91 Å². The van der Waals surface area contributed by atoms with E-state index in [0.29, 0.717) is 23.9 Å². The summed E-state index contributed by atoms with van der Waals surface area (Å²) in [6, 6.07) is 8.28. The first-order chi connectivity index (χ1) is 19.3. The minimum absolute atomic E-state index is 0.0493. The summed E-state index contributed by atoms with van der Waals surface area (Å²) < 4.78 is 21.6. The van der Waals surface area contributed by atoms with Crippen molar-refractivity contribution < 1.29 is 13.9 Å². The van der Waals surface area contributed by atoms with Gasteiger partial charge in [0.1, 0.15) is 29.7 Å². The van der Waals surface area contributed by atoms with Gasteiger partial charge in [-0.15, -0.1) is 0 Å². The number of amides is 1. The van der Waals surface area contributed by atoms with Crippen LogP contribution in [0, 0.1) is 5.82 Å². The summed E-state index contributed by atoms with van der Waals surface area (Å²) in [5.74, 6) is 1.02. The molecule has 4 heterocycles. The van der Waals surface area contributed by atoms with Gasteiger partial charge in [-0.3, -0.25) is 9.48 Å². The molecule has 3 aromatic heterocycles. The summed E-state index contributed by atoms with van der Waals surface area (Å²) in [5, 5.41) is 7.62. The number of ether oxygens (including phenoxy) is 1. The van der Waals surface area contributed by atoms with Crippen LogP contribution in [0.25, 0.3) is 22.5 Å². The fourth-order valence-electron chi connectivity index (χ4n) is 4.67. The Balaban J connectivity index is 1.47. The Labute approximate surface area is 231 Å². The molecule has 0 unspecified atom stereocenters. The lowest BCUT2D eigenvalue weighted by Gasteiger charge is -2.34. The molecule has 1 saturated heterocycles. The van der Waals surface area contributed by atoms with E-state index in [-0.39, 0.29) is 29.9 Å². The number of pyridine rings is 1. The molecule has 5 rings (SSSR count). The van der Waals surface area contributed by atoms with E-state index in [9.17, 15) is 9.18 Å². The van der Waals surface area contributed by atoms with Crippen LogP contribution < -0.4 is 20.7 Å². The number of rotatable bonds is 8. The molecule has 11 nitrogen and oxygen atoms in total. The Morgan fingerprint density at radius 3 is 2.85 bits per heavy atom. The van der Waals surface area contributed by atoms with E-state index in [1.54, 1.807) is 55.6 Å². The summed E-state index contributed by atoms with van der Waals surface area (Å²) in [4.78, 5) is 29.4. The SMILES string of the molecule is COc1cccc(F)c1-c1nccc(Nc2cc(N3CCC[C@H](N)C3)c(-c3cnn(CC(=O)N(C)C)c3)cn2)n1. The Kier molecular flexibility index (Phi) is 7.87. The van der Waals surface area contributed by atoms with Crippen LogP contribution in [-0.4, -0.2) is 75.9 Å². The number of benzene rings is 1. The van der Waals surface area contributed by atoms with Crippen molar-refractivity contribution in [2.75, 3.05) is 44.5 Å². The topological polar surface area (TPSA) is 127 Å². The molecule has 1 aromatic carbocycles. The first kappa shape index (κ1) is 27.0. The summed E-state index contributed by atoms with van der Waals surface area (Å²) in [7, 11) is 4.91. The van der Waals surface area contributed by atoms with Crippen LogP contribution in [0.1, 0.15) is 12.8 Å². The van der Waals surface area contributed by atoms with Gasteiger partial charge in [0.15, 0.2) is 5.82 Å². The van der Waals surface area contributed by atoms with Gasteiger partial charge in [-0.1, -0.05) is 6.07 Å². The first-order valence-corrected chi connectivity index (χ1v) is 13.0. The van der Waals surface area contributed by atoms with Crippen molar-refractivity contribution in [1.82, 2.24) is 29.6 Å². The maximum atomic E-state index is 14.7. The molecule has 3 N–H and O–H groups in total. The summed E-state index contributed by atoms with van der Waals surface area (Å²) >= 11 is 0. The number of anilines is 3. The molecule has 12 heteroatoms. The number of hydrogen-bond donors (Lipinski definition) is 2. The van der Waals surface area contributed by atoms with Crippen molar-refractivity contribution in [2.24, 2.45) is 5.73 Å². The monoisotopic (exact) mass is 545 g/mol. The van der Waals surface area contributed by atoms with E-state index in [1.165, 1.54) is 18.1 Å². The molecule has 1 atom stereocenters. The van der Waals surface area contributed by atoms with Crippen molar-refractivity contribution in [2.45, 2.75) is 25.4 Å². The molecule has 0 saturated carbocycles. The summed E-state index contributed by atoms with van der Waals surface area (Å²) in [6.07, 6.45) is 8.85. The molecule has 0 bridgehead atoms. The molecule has 1 amide bonds. The average Bonchev–Trinajstić information content (AvgIpc) is 3.41. The predicted molar refractivity (Wildman–Crippen MR) is 151 cm³/mol. The zero-order valence-corrected chi connectivity index (χ0v) is 22.7. The number of aromatic nitrogens is 5. The van der Waals surface area contributed by atoms with Crippen molar-refractivity contribution in [3.63, 3.8) is 0 Å². The van der Waals surface area contributed by atoms with Crippen LogP contribution in [-0.2, 0) is 11.3 Å². The molecule has 208 valence electrons. The minimum atomic E-state index is -0.476. The number of piperidine rings is 1. The lowest BCUT2D eigenvalue weighted by Crippen LogP contribution is -2.43. The Hall–Kier alpha value is -4.58. The van der Waals surface area contributed by atoms with E-state index >= 15 is 0 Å². The van der Waals surface area contributed by atoms with Crippen LogP contribution in [0.2, 0.25) is 0 Å². The third-order valence-corrected chi connectivity index (χ3v) is 6.75. The number of methoxy groups -OCH3 is 1. The van der Waals surface area contributed by atoms with Crippen molar-refractivity contribution in [1.29, 1.82) is 0 Å². The normalized spacial score (nSPS) is 15.1. The van der Waals surface area contributed by atoms with Crippen LogP contribution in [0.5, 0.6) is 5.75 Å². The number of likely N-dealkylation sites (N-methyl/N-ethyl adjacent to an activating group) is 1. The van der Waals surface area contributed by atoms with Crippen molar-refractivity contribution >= 4 is 23.2 Å². The second-order valence-electron chi connectivity index (χ2n) is 9.86. The minimum Gasteiger partial charge on any atom is -0.496 e. The van der Waals surface area contributed by atoms with Gasteiger partial charge in [0, 0.05) is 74.7 Å². The van der Waals surface area contributed by atoms with E-state index in [1.807, 2.05) is 12.3 Å². The second-order valence-corrected chi connectivity index (χ2v) is 9.86. The van der Waals surface area contributed by atoms with E-state index < -0.39 is 5.82 Å². The molecule has 40 heavy (non-hydrogen) atoms. The molecule has 0 spiro atoms. The highest BCUT2D eigenvalue weighted by Crippen LogP contribution is 2.35. The van der Waals surface area contributed by atoms with Gasteiger partial charge in [-0.2, -0.15) is 5.10 Å². The quantitative estimate of drug-likeness (QED) is 0.343. The third-order valence-electron chi connectivity index (χ3n) is 6.75. The molecule has 1 aliphatic rings. The van der Waals surface area contributed by atoms with Gasteiger partial charge in [0.05, 0.1) is 18.9 Å². The Morgan fingerprint density at radius 2 is 2.08 bits per heavy atom. The second kappa shape index (κ2) is 11.7. The first-order valence-electron chi connectivity index (χ1n) is 13.0. The fraction of sp³-hybridized carbons (Fsp3) is 0.321. The van der Waals surface area contributed by atoms with Crippen LogP contribution in [0.4, 0.5) is 21.7 Å². The molecular weight excluding hydrogens is 513 g/mol. The number of nitrogens with zero attached hydrogens (tertiary/aromatic N) is 7. The maximum Gasteiger partial charge on any atom is 0.243 e. The highest BCUT2D eigenvalue weighted by molar-refractivity contribution is 5.81. The highest BCUT2D eigenvalue weighted by atomic mass is 19.1. The van der Waals surface area contributed by atoms with Crippen LogP contribution >= 0.6 is 0 Å². The Bertz CT molecular complexity index is 1510. The van der Waals surface area contributed by atoms with Crippen molar-refractivity contribution in [3.05, 3.63) is 60.9 Å². The summed E-state index contributed by atoms with van der Waals surface area (Å²) in [5.41, 5.74) is 9.17. The molecule has 1 aliphatic heterocycles.